The van der Waals surface area contributed by atoms with Gasteiger partial charge in [-0.2, -0.15) is 0 Å². The first-order valence-electron chi connectivity index (χ1n) is 8.92. The predicted molar refractivity (Wildman–Crippen MR) is 97.2 cm³/mol. The Labute approximate surface area is 149 Å². The molecule has 5 heteroatoms. The largest absolute Gasteiger partial charge is 0.390 e. The van der Waals surface area contributed by atoms with Gasteiger partial charge < -0.3 is 14.6 Å². The topological polar surface area (TPSA) is 58.4 Å². The molecule has 0 spiro atoms. The third-order valence-electron chi connectivity index (χ3n) is 4.71. The molecule has 134 valence electrons. The van der Waals surface area contributed by atoms with Crippen molar-refractivity contribution in [1.82, 2.24) is 14.5 Å². The van der Waals surface area contributed by atoms with Gasteiger partial charge in [0.1, 0.15) is 5.82 Å². The quantitative estimate of drug-likeness (QED) is 0.842. The van der Waals surface area contributed by atoms with Crippen LogP contribution in [0.15, 0.2) is 36.7 Å². The van der Waals surface area contributed by atoms with Crippen LogP contribution in [0.3, 0.4) is 0 Å². The lowest BCUT2D eigenvalue weighted by Crippen LogP contribution is -2.33. The maximum Gasteiger partial charge on any atom is 0.254 e. The van der Waals surface area contributed by atoms with Crippen molar-refractivity contribution in [2.24, 2.45) is 7.05 Å². The smallest absolute Gasteiger partial charge is 0.254 e. The second-order valence-corrected chi connectivity index (χ2v) is 7.63. The molecule has 25 heavy (non-hydrogen) atoms. The molecule has 3 rings (SSSR count). The maximum atomic E-state index is 12.9. The van der Waals surface area contributed by atoms with E-state index in [0.717, 1.165) is 30.7 Å². The average molecular weight is 341 g/mol. The Kier molecular flexibility index (Phi) is 4.95. The van der Waals surface area contributed by atoms with Crippen molar-refractivity contribution in [2.75, 3.05) is 0 Å². The molecule has 1 aliphatic rings. The van der Waals surface area contributed by atoms with Gasteiger partial charge in [0.2, 0.25) is 0 Å². The number of hydrogen-bond acceptors (Lipinski definition) is 3. The molecule has 1 fully saturated rings. The SMILES string of the molecule is Cn1ccnc1CN(C(=O)c1ccc(CCC(C)(C)O)cc1)C1CC1. The highest BCUT2D eigenvalue weighted by atomic mass is 16.3. The summed E-state index contributed by atoms with van der Waals surface area (Å²) in [6.45, 7) is 4.18. The van der Waals surface area contributed by atoms with E-state index in [1.54, 1.807) is 6.20 Å². The van der Waals surface area contributed by atoms with Gasteiger partial charge >= 0.3 is 0 Å². The van der Waals surface area contributed by atoms with Gasteiger partial charge in [-0.05, 0) is 57.2 Å². The fraction of sp³-hybridized carbons (Fsp3) is 0.500. The molecule has 1 aromatic carbocycles. The minimum atomic E-state index is -0.667. The molecule has 0 atom stereocenters. The Balaban J connectivity index is 1.69. The Morgan fingerprint density at radius 1 is 1.32 bits per heavy atom. The van der Waals surface area contributed by atoms with E-state index in [0.29, 0.717) is 24.6 Å². The molecule has 0 bridgehead atoms. The standard InChI is InChI=1S/C20H27N3O2/c1-20(2,25)11-10-15-4-6-16(7-5-15)19(24)23(17-8-9-17)14-18-21-12-13-22(18)3/h4-7,12-13,17,25H,8-11,14H2,1-3H3. The van der Waals surface area contributed by atoms with E-state index in [4.69, 9.17) is 0 Å². The molecule has 2 aromatic rings. The lowest BCUT2D eigenvalue weighted by molar-refractivity contribution is 0.0708. The maximum absolute atomic E-state index is 12.9. The van der Waals surface area contributed by atoms with Crippen LogP contribution in [0.4, 0.5) is 0 Å². The Bertz CT molecular complexity index is 724. The molecule has 0 aliphatic heterocycles. The number of aromatic nitrogens is 2. The Morgan fingerprint density at radius 2 is 2.00 bits per heavy atom. The summed E-state index contributed by atoms with van der Waals surface area (Å²) in [6, 6.07) is 8.11. The van der Waals surface area contributed by atoms with Crippen LogP contribution >= 0.6 is 0 Å². The first-order chi connectivity index (χ1) is 11.8. The number of benzene rings is 1. The van der Waals surface area contributed by atoms with Gasteiger partial charge in [0.25, 0.3) is 5.91 Å². The second kappa shape index (κ2) is 7.00. The van der Waals surface area contributed by atoms with Crippen molar-refractivity contribution in [1.29, 1.82) is 0 Å². The summed E-state index contributed by atoms with van der Waals surface area (Å²) in [5.74, 6) is 0.974. The number of aryl methyl sites for hydroxylation is 2. The summed E-state index contributed by atoms with van der Waals surface area (Å²) >= 11 is 0. The van der Waals surface area contributed by atoms with E-state index >= 15 is 0 Å². The normalized spacial score (nSPS) is 14.6. The number of nitrogens with zero attached hydrogens (tertiary/aromatic N) is 3. The van der Waals surface area contributed by atoms with Gasteiger partial charge in [0, 0.05) is 31.0 Å². The molecule has 5 nitrogen and oxygen atoms in total. The number of imidazole rings is 1. The number of aliphatic hydroxyl groups is 1. The van der Waals surface area contributed by atoms with Crippen LogP contribution in [0.2, 0.25) is 0 Å². The molecule has 0 radical (unpaired) electrons. The van der Waals surface area contributed by atoms with E-state index in [2.05, 4.69) is 4.98 Å². The summed E-state index contributed by atoms with van der Waals surface area (Å²) in [4.78, 5) is 19.2. The fourth-order valence-electron chi connectivity index (χ4n) is 2.88. The fourth-order valence-corrected chi connectivity index (χ4v) is 2.88. The summed E-state index contributed by atoms with van der Waals surface area (Å²) < 4.78 is 1.96. The highest BCUT2D eigenvalue weighted by molar-refractivity contribution is 5.94. The van der Waals surface area contributed by atoms with Gasteiger partial charge in [-0.3, -0.25) is 4.79 Å². The Hall–Kier alpha value is -2.14. The van der Waals surface area contributed by atoms with Crippen LogP contribution in [0.5, 0.6) is 0 Å². The van der Waals surface area contributed by atoms with Crippen LogP contribution in [0, 0.1) is 0 Å². The van der Waals surface area contributed by atoms with Crippen molar-refractivity contribution >= 4 is 5.91 Å². The zero-order chi connectivity index (χ0) is 18.0. The van der Waals surface area contributed by atoms with Gasteiger partial charge in [0.05, 0.1) is 12.1 Å². The van der Waals surface area contributed by atoms with Crippen LogP contribution in [0.1, 0.15) is 54.9 Å². The van der Waals surface area contributed by atoms with Crippen molar-refractivity contribution in [3.8, 4) is 0 Å². The van der Waals surface area contributed by atoms with Crippen molar-refractivity contribution < 1.29 is 9.90 Å². The minimum Gasteiger partial charge on any atom is -0.390 e. The molecule has 0 saturated heterocycles. The van der Waals surface area contributed by atoms with Crippen LogP contribution in [-0.2, 0) is 20.0 Å². The highest BCUT2D eigenvalue weighted by Gasteiger charge is 2.33. The number of carbonyl (C=O) groups excluding carboxylic acids is 1. The summed E-state index contributed by atoms with van der Waals surface area (Å²) in [6.07, 6.45) is 7.32. The summed E-state index contributed by atoms with van der Waals surface area (Å²) in [5, 5.41) is 9.84. The zero-order valence-electron chi connectivity index (χ0n) is 15.3. The zero-order valence-corrected chi connectivity index (χ0v) is 15.3. The summed E-state index contributed by atoms with van der Waals surface area (Å²) in [5.41, 5.74) is 1.19. The van der Waals surface area contributed by atoms with Crippen molar-refractivity contribution in [3.05, 3.63) is 53.6 Å². The first-order valence-corrected chi connectivity index (χ1v) is 8.92. The van der Waals surface area contributed by atoms with Gasteiger partial charge in [-0.1, -0.05) is 12.1 Å². The van der Waals surface area contributed by atoms with Gasteiger partial charge in [-0.25, -0.2) is 4.98 Å². The monoisotopic (exact) mass is 341 g/mol. The first kappa shape index (κ1) is 17.7. The third kappa shape index (κ3) is 4.69. The van der Waals surface area contributed by atoms with E-state index in [9.17, 15) is 9.90 Å². The van der Waals surface area contributed by atoms with Crippen molar-refractivity contribution in [3.63, 3.8) is 0 Å². The second-order valence-electron chi connectivity index (χ2n) is 7.63. The molecule has 1 heterocycles. The molecule has 0 unspecified atom stereocenters. The molecule has 1 N–H and O–H groups in total. The lowest BCUT2D eigenvalue weighted by Gasteiger charge is -2.22. The molecule has 1 amide bonds. The van der Waals surface area contributed by atoms with Gasteiger partial charge in [-0.15, -0.1) is 0 Å². The molecule has 1 aromatic heterocycles. The third-order valence-corrected chi connectivity index (χ3v) is 4.71. The van der Waals surface area contributed by atoms with Gasteiger partial charge in [0.15, 0.2) is 0 Å². The van der Waals surface area contributed by atoms with E-state index in [1.807, 2.05) is 60.8 Å². The number of carbonyl (C=O) groups is 1. The van der Waals surface area contributed by atoms with Crippen molar-refractivity contribution in [2.45, 2.75) is 57.7 Å². The van der Waals surface area contributed by atoms with E-state index < -0.39 is 5.60 Å². The lowest BCUT2D eigenvalue weighted by atomic mass is 9.98. The van der Waals surface area contributed by atoms with E-state index in [-0.39, 0.29) is 5.91 Å². The number of rotatable bonds is 7. The van der Waals surface area contributed by atoms with Crippen LogP contribution in [-0.4, -0.2) is 37.1 Å². The minimum absolute atomic E-state index is 0.0690. The molecule has 1 aliphatic carbocycles. The van der Waals surface area contributed by atoms with E-state index in [1.165, 1.54) is 0 Å². The predicted octanol–water partition coefficient (Wildman–Crippen LogP) is 2.93. The summed E-state index contributed by atoms with van der Waals surface area (Å²) in [7, 11) is 1.95. The average Bonchev–Trinajstić information content (AvgIpc) is 3.33. The molecule has 1 saturated carbocycles. The van der Waals surface area contributed by atoms with Crippen LogP contribution in [0.25, 0.3) is 0 Å². The number of hydrogen-bond donors (Lipinski definition) is 1. The number of amides is 1. The molecular weight excluding hydrogens is 314 g/mol. The Morgan fingerprint density at radius 3 is 2.52 bits per heavy atom. The molecular formula is C20H27N3O2. The highest BCUT2D eigenvalue weighted by Crippen LogP contribution is 2.29. The van der Waals surface area contributed by atoms with Crippen LogP contribution < -0.4 is 0 Å².